The van der Waals surface area contributed by atoms with E-state index in [0.717, 1.165) is 13.0 Å². The highest BCUT2D eigenvalue weighted by Crippen LogP contribution is 2.14. The predicted octanol–water partition coefficient (Wildman–Crippen LogP) is 0.831. The summed E-state index contributed by atoms with van der Waals surface area (Å²) in [5.74, 6) is -0.779. The van der Waals surface area contributed by atoms with Crippen molar-refractivity contribution in [2.45, 2.75) is 38.8 Å². The number of urea groups is 1. The minimum Gasteiger partial charge on any atom is -0.481 e. The molecule has 19 heavy (non-hydrogen) atoms. The van der Waals surface area contributed by atoms with Crippen molar-refractivity contribution in [3.05, 3.63) is 0 Å². The lowest BCUT2D eigenvalue weighted by atomic mass is 10.0. The van der Waals surface area contributed by atoms with Gasteiger partial charge in [0.25, 0.3) is 0 Å². The number of likely N-dealkylation sites (N-methyl/N-ethyl adjacent to an activating group) is 1. The zero-order valence-electron chi connectivity index (χ0n) is 12.2. The van der Waals surface area contributed by atoms with E-state index in [0.29, 0.717) is 12.6 Å². The maximum Gasteiger partial charge on any atom is 0.317 e. The van der Waals surface area contributed by atoms with Gasteiger partial charge >= 0.3 is 12.0 Å². The molecule has 1 saturated heterocycles. The van der Waals surface area contributed by atoms with Crippen molar-refractivity contribution in [1.82, 2.24) is 15.1 Å². The zero-order chi connectivity index (χ0) is 14.6. The van der Waals surface area contributed by atoms with E-state index in [2.05, 4.69) is 10.2 Å². The lowest BCUT2D eigenvalue weighted by Crippen LogP contribution is -2.47. The summed E-state index contributed by atoms with van der Waals surface area (Å²) < 4.78 is 0. The van der Waals surface area contributed by atoms with Gasteiger partial charge in [-0.1, -0.05) is 13.8 Å². The van der Waals surface area contributed by atoms with Crippen LogP contribution in [0, 0.1) is 5.92 Å². The molecule has 1 rings (SSSR count). The second kappa shape index (κ2) is 6.75. The SMILES string of the molecule is CC(C)C(CC(=O)O)NC(=O)N1CCC(N(C)C)C1. The van der Waals surface area contributed by atoms with Crippen LogP contribution in [0.2, 0.25) is 0 Å². The first-order valence-corrected chi connectivity index (χ1v) is 6.75. The minimum absolute atomic E-state index is 0.0334. The molecule has 6 nitrogen and oxygen atoms in total. The number of aliphatic carboxylic acids is 1. The standard InChI is InChI=1S/C13H25N3O3/c1-9(2)11(7-12(17)18)14-13(19)16-6-5-10(8-16)15(3)4/h9-11H,5-8H2,1-4H3,(H,14,19)(H,17,18). The molecule has 0 radical (unpaired) electrons. The summed E-state index contributed by atoms with van der Waals surface area (Å²) in [5.41, 5.74) is 0. The molecule has 1 aliphatic heterocycles. The summed E-state index contributed by atoms with van der Waals surface area (Å²) >= 11 is 0. The minimum atomic E-state index is -0.883. The average Bonchev–Trinajstić information content (AvgIpc) is 2.76. The van der Waals surface area contributed by atoms with Crippen molar-refractivity contribution in [1.29, 1.82) is 0 Å². The van der Waals surface area contributed by atoms with Gasteiger partial charge < -0.3 is 20.2 Å². The lowest BCUT2D eigenvalue weighted by molar-refractivity contribution is -0.137. The Hall–Kier alpha value is -1.30. The van der Waals surface area contributed by atoms with E-state index in [4.69, 9.17) is 5.11 Å². The number of carboxylic acid groups (broad SMARTS) is 1. The molecule has 2 N–H and O–H groups in total. The van der Waals surface area contributed by atoms with Crippen LogP contribution in [0.15, 0.2) is 0 Å². The third kappa shape index (κ3) is 4.70. The molecule has 2 amide bonds. The summed E-state index contributed by atoms with van der Waals surface area (Å²) in [6, 6.07) is -0.0737. The molecule has 1 fully saturated rings. The third-order valence-electron chi connectivity index (χ3n) is 3.69. The van der Waals surface area contributed by atoms with Crippen molar-refractivity contribution in [3.8, 4) is 0 Å². The molecule has 2 unspecified atom stereocenters. The number of carbonyl (C=O) groups excluding carboxylic acids is 1. The van der Waals surface area contributed by atoms with E-state index in [9.17, 15) is 9.59 Å². The van der Waals surface area contributed by atoms with E-state index in [1.54, 1.807) is 4.90 Å². The van der Waals surface area contributed by atoms with Gasteiger partial charge in [-0.15, -0.1) is 0 Å². The molecule has 6 heteroatoms. The number of hydrogen-bond acceptors (Lipinski definition) is 3. The molecule has 1 heterocycles. The topological polar surface area (TPSA) is 72.9 Å². The number of amides is 2. The number of hydrogen-bond donors (Lipinski definition) is 2. The Labute approximate surface area is 114 Å². The fourth-order valence-corrected chi connectivity index (χ4v) is 2.24. The van der Waals surface area contributed by atoms with Crippen LogP contribution in [0.1, 0.15) is 26.7 Å². The van der Waals surface area contributed by atoms with Gasteiger partial charge in [0.2, 0.25) is 0 Å². The first kappa shape index (κ1) is 15.8. The Morgan fingerprint density at radius 2 is 2.05 bits per heavy atom. The second-order valence-electron chi connectivity index (χ2n) is 5.75. The third-order valence-corrected chi connectivity index (χ3v) is 3.69. The van der Waals surface area contributed by atoms with Crippen LogP contribution in [0.25, 0.3) is 0 Å². The highest BCUT2D eigenvalue weighted by molar-refractivity contribution is 5.76. The van der Waals surface area contributed by atoms with E-state index in [1.165, 1.54) is 0 Å². The van der Waals surface area contributed by atoms with Gasteiger partial charge in [-0.2, -0.15) is 0 Å². The summed E-state index contributed by atoms with van der Waals surface area (Å²) in [6.45, 7) is 5.27. The Balaban J connectivity index is 2.51. The molecule has 110 valence electrons. The Kier molecular flexibility index (Phi) is 5.60. The molecular weight excluding hydrogens is 246 g/mol. The first-order chi connectivity index (χ1) is 8.81. The monoisotopic (exact) mass is 271 g/mol. The van der Waals surface area contributed by atoms with Crippen molar-refractivity contribution in [3.63, 3.8) is 0 Å². The first-order valence-electron chi connectivity index (χ1n) is 6.75. The predicted molar refractivity (Wildman–Crippen MR) is 73.1 cm³/mol. The molecule has 2 atom stereocenters. The Morgan fingerprint density at radius 3 is 2.47 bits per heavy atom. The molecular formula is C13H25N3O3. The second-order valence-corrected chi connectivity index (χ2v) is 5.75. The number of rotatable bonds is 5. The smallest absolute Gasteiger partial charge is 0.317 e. The maximum absolute atomic E-state index is 12.1. The maximum atomic E-state index is 12.1. The number of likely N-dealkylation sites (tertiary alicyclic amines) is 1. The van der Waals surface area contributed by atoms with Gasteiger partial charge in [0.15, 0.2) is 0 Å². The van der Waals surface area contributed by atoms with Crippen molar-refractivity contribution >= 4 is 12.0 Å². The molecule has 0 aliphatic carbocycles. The van der Waals surface area contributed by atoms with Crippen LogP contribution in [0.4, 0.5) is 4.79 Å². The molecule has 0 aromatic heterocycles. The van der Waals surface area contributed by atoms with E-state index >= 15 is 0 Å². The van der Waals surface area contributed by atoms with Crippen molar-refractivity contribution < 1.29 is 14.7 Å². The van der Waals surface area contributed by atoms with Crippen LogP contribution in [0.5, 0.6) is 0 Å². The summed E-state index contributed by atoms with van der Waals surface area (Å²) in [5, 5.41) is 11.7. The fourth-order valence-electron chi connectivity index (χ4n) is 2.24. The number of carboxylic acids is 1. The average molecular weight is 271 g/mol. The van der Waals surface area contributed by atoms with Crippen molar-refractivity contribution in [2.75, 3.05) is 27.2 Å². The Morgan fingerprint density at radius 1 is 1.42 bits per heavy atom. The molecule has 0 aromatic rings. The van der Waals surface area contributed by atoms with Gasteiger partial charge in [-0.05, 0) is 26.4 Å². The number of nitrogens with zero attached hydrogens (tertiary/aromatic N) is 2. The number of nitrogens with one attached hydrogen (secondary N) is 1. The zero-order valence-corrected chi connectivity index (χ0v) is 12.2. The van der Waals surface area contributed by atoms with E-state index in [-0.39, 0.29) is 24.4 Å². The Bertz CT molecular complexity index is 331. The van der Waals surface area contributed by atoms with Gasteiger partial charge in [0.1, 0.15) is 0 Å². The van der Waals surface area contributed by atoms with Crippen LogP contribution >= 0.6 is 0 Å². The van der Waals surface area contributed by atoms with E-state index in [1.807, 2.05) is 27.9 Å². The largest absolute Gasteiger partial charge is 0.481 e. The molecule has 1 aliphatic rings. The van der Waals surface area contributed by atoms with Crippen LogP contribution < -0.4 is 5.32 Å². The molecule has 0 spiro atoms. The quantitative estimate of drug-likeness (QED) is 0.777. The molecule has 0 aromatic carbocycles. The summed E-state index contributed by atoms with van der Waals surface area (Å²) in [6.07, 6.45) is 0.931. The van der Waals surface area contributed by atoms with Crippen LogP contribution in [-0.4, -0.2) is 66.2 Å². The van der Waals surface area contributed by atoms with Crippen LogP contribution in [-0.2, 0) is 4.79 Å². The molecule has 0 bridgehead atoms. The van der Waals surface area contributed by atoms with Gasteiger partial charge in [0.05, 0.1) is 6.42 Å². The lowest BCUT2D eigenvalue weighted by Gasteiger charge is -2.25. The summed E-state index contributed by atoms with van der Waals surface area (Å²) in [4.78, 5) is 26.8. The van der Waals surface area contributed by atoms with Gasteiger partial charge in [0, 0.05) is 25.2 Å². The van der Waals surface area contributed by atoms with Crippen LogP contribution in [0.3, 0.4) is 0 Å². The highest BCUT2D eigenvalue weighted by Gasteiger charge is 2.29. The van der Waals surface area contributed by atoms with Crippen molar-refractivity contribution in [2.24, 2.45) is 5.92 Å². The van der Waals surface area contributed by atoms with Gasteiger partial charge in [-0.3, -0.25) is 4.79 Å². The molecule has 0 saturated carbocycles. The summed E-state index contributed by atoms with van der Waals surface area (Å²) in [7, 11) is 4.01. The normalized spacial score (nSPS) is 20.9. The fraction of sp³-hybridized carbons (Fsp3) is 0.846. The number of carbonyl (C=O) groups is 2. The van der Waals surface area contributed by atoms with Gasteiger partial charge in [-0.25, -0.2) is 4.79 Å². The highest BCUT2D eigenvalue weighted by atomic mass is 16.4. The van der Waals surface area contributed by atoms with E-state index < -0.39 is 5.97 Å².